The van der Waals surface area contributed by atoms with Gasteiger partial charge in [0.25, 0.3) is 0 Å². The summed E-state index contributed by atoms with van der Waals surface area (Å²) in [5, 5.41) is 0. The lowest BCUT2D eigenvalue weighted by Gasteiger charge is -2.37. The number of aromatic nitrogens is 3. The lowest BCUT2D eigenvalue weighted by atomic mass is 9.71. The molecule has 2 aromatic rings. The molecule has 1 aliphatic carbocycles. The molecule has 2 heterocycles. The minimum Gasteiger partial charge on any atom is -0.304 e. The van der Waals surface area contributed by atoms with E-state index in [2.05, 4.69) is 30.7 Å². The topological polar surface area (TPSA) is 50.7 Å². The Balaban J connectivity index is 1.87. The van der Waals surface area contributed by atoms with Crippen LogP contribution in [-0.4, -0.2) is 14.5 Å². The molecular weight excluding hydrogens is 250 g/mol. The van der Waals surface area contributed by atoms with Crippen molar-refractivity contribution in [3.63, 3.8) is 0 Å². The van der Waals surface area contributed by atoms with Gasteiger partial charge in [-0.3, -0.25) is 4.57 Å². The van der Waals surface area contributed by atoms with Crippen LogP contribution in [0.15, 0.2) is 23.1 Å². The van der Waals surface area contributed by atoms with Crippen molar-refractivity contribution >= 4 is 11.2 Å². The second-order valence-corrected chi connectivity index (χ2v) is 7.05. The number of hydrogen-bond donors (Lipinski definition) is 1. The number of imidazole rings is 1. The first-order valence-corrected chi connectivity index (χ1v) is 7.52. The van der Waals surface area contributed by atoms with E-state index < -0.39 is 0 Å². The first kappa shape index (κ1) is 13.4. The second kappa shape index (κ2) is 4.76. The quantitative estimate of drug-likeness (QED) is 0.864. The Labute approximate surface area is 119 Å². The van der Waals surface area contributed by atoms with E-state index in [4.69, 9.17) is 0 Å². The average Bonchev–Trinajstić information content (AvgIpc) is 2.73. The summed E-state index contributed by atoms with van der Waals surface area (Å²) >= 11 is 0. The van der Waals surface area contributed by atoms with Crippen LogP contribution in [0.5, 0.6) is 0 Å². The number of fused-ring (bicyclic) bond motifs is 1. The molecule has 0 spiro atoms. The summed E-state index contributed by atoms with van der Waals surface area (Å²) < 4.78 is 1.87. The normalized spacial score (nSPS) is 24.1. The van der Waals surface area contributed by atoms with Crippen molar-refractivity contribution in [1.29, 1.82) is 0 Å². The zero-order valence-corrected chi connectivity index (χ0v) is 12.5. The Morgan fingerprint density at radius 2 is 1.95 bits per heavy atom. The molecule has 0 unspecified atom stereocenters. The monoisotopic (exact) mass is 273 g/mol. The van der Waals surface area contributed by atoms with Gasteiger partial charge in [-0.15, -0.1) is 0 Å². The average molecular weight is 273 g/mol. The fourth-order valence-corrected chi connectivity index (χ4v) is 3.50. The largest absolute Gasteiger partial charge is 0.327 e. The molecule has 0 saturated heterocycles. The van der Waals surface area contributed by atoms with Gasteiger partial charge in [0.15, 0.2) is 5.65 Å². The number of hydrogen-bond acceptors (Lipinski definition) is 2. The van der Waals surface area contributed by atoms with Gasteiger partial charge >= 0.3 is 5.69 Å². The molecule has 0 atom stereocenters. The maximum atomic E-state index is 12.2. The summed E-state index contributed by atoms with van der Waals surface area (Å²) in [7, 11) is 0. The van der Waals surface area contributed by atoms with Crippen LogP contribution >= 0.6 is 0 Å². The smallest absolute Gasteiger partial charge is 0.304 e. The molecule has 4 heteroatoms. The Bertz CT molecular complexity index is 654. The first-order valence-electron chi connectivity index (χ1n) is 7.52. The minimum atomic E-state index is -0.0158. The van der Waals surface area contributed by atoms with Gasteiger partial charge in [-0.25, -0.2) is 9.78 Å². The van der Waals surface area contributed by atoms with Gasteiger partial charge in [-0.2, -0.15) is 0 Å². The number of H-pyrrole nitrogens is 1. The highest BCUT2D eigenvalue weighted by Gasteiger charge is 2.31. The molecule has 1 fully saturated rings. The lowest BCUT2D eigenvalue weighted by molar-refractivity contribution is 0.152. The van der Waals surface area contributed by atoms with E-state index in [1.807, 2.05) is 16.7 Å². The number of rotatable bonds is 1. The molecule has 20 heavy (non-hydrogen) atoms. The van der Waals surface area contributed by atoms with Crippen LogP contribution in [0.25, 0.3) is 11.2 Å². The van der Waals surface area contributed by atoms with Crippen LogP contribution in [0.1, 0.15) is 52.5 Å². The summed E-state index contributed by atoms with van der Waals surface area (Å²) in [5.41, 5.74) is 2.00. The van der Waals surface area contributed by atoms with Crippen molar-refractivity contribution in [2.24, 2.45) is 11.3 Å². The highest BCUT2D eigenvalue weighted by atomic mass is 16.1. The number of pyridine rings is 1. The van der Waals surface area contributed by atoms with Crippen molar-refractivity contribution in [2.45, 2.75) is 52.5 Å². The van der Waals surface area contributed by atoms with Gasteiger partial charge in [-0.05, 0) is 49.1 Å². The van der Waals surface area contributed by atoms with Gasteiger partial charge in [0.2, 0.25) is 0 Å². The molecule has 0 radical (unpaired) electrons. The highest BCUT2D eigenvalue weighted by Crippen LogP contribution is 2.41. The van der Waals surface area contributed by atoms with E-state index >= 15 is 0 Å². The number of aromatic amines is 1. The fraction of sp³-hybridized carbons (Fsp3) is 0.625. The van der Waals surface area contributed by atoms with E-state index in [-0.39, 0.29) is 5.69 Å². The van der Waals surface area contributed by atoms with E-state index in [0.717, 1.165) is 29.9 Å². The summed E-state index contributed by atoms with van der Waals surface area (Å²) in [6.07, 6.45) is 6.30. The van der Waals surface area contributed by atoms with Crippen LogP contribution in [0.4, 0.5) is 0 Å². The summed E-state index contributed by atoms with van der Waals surface area (Å²) in [5.74, 6) is 0.757. The molecule has 108 valence electrons. The minimum absolute atomic E-state index is 0.0158. The van der Waals surface area contributed by atoms with Crippen molar-refractivity contribution in [2.75, 3.05) is 0 Å². The molecule has 0 amide bonds. The van der Waals surface area contributed by atoms with Crippen molar-refractivity contribution in [1.82, 2.24) is 14.5 Å². The van der Waals surface area contributed by atoms with Crippen LogP contribution < -0.4 is 5.69 Å². The molecule has 1 N–H and O–H groups in total. The summed E-state index contributed by atoms with van der Waals surface area (Å²) in [6.45, 7) is 6.95. The number of nitrogens with zero attached hydrogens (tertiary/aromatic N) is 2. The third-order valence-corrected chi connectivity index (χ3v) is 4.76. The van der Waals surface area contributed by atoms with Crippen molar-refractivity contribution < 1.29 is 0 Å². The SMILES string of the molecule is CC(C)(C)C1CCC(n2c(=O)[nH]c3cccnc32)CC1. The Morgan fingerprint density at radius 1 is 1.25 bits per heavy atom. The van der Waals surface area contributed by atoms with Gasteiger partial charge in [0, 0.05) is 12.2 Å². The van der Waals surface area contributed by atoms with Crippen LogP contribution in [0, 0.1) is 11.3 Å². The fourth-order valence-electron chi connectivity index (χ4n) is 3.50. The molecule has 0 aliphatic heterocycles. The molecule has 0 aromatic carbocycles. The molecule has 3 rings (SSSR count). The molecule has 0 bridgehead atoms. The number of nitrogens with one attached hydrogen (secondary N) is 1. The van der Waals surface area contributed by atoms with Gasteiger partial charge in [0.1, 0.15) is 0 Å². The van der Waals surface area contributed by atoms with E-state index in [9.17, 15) is 4.79 Å². The predicted molar refractivity (Wildman–Crippen MR) is 80.8 cm³/mol. The van der Waals surface area contributed by atoms with Crippen LogP contribution in [-0.2, 0) is 0 Å². The summed E-state index contributed by atoms with van der Waals surface area (Å²) in [6, 6.07) is 4.07. The Morgan fingerprint density at radius 3 is 2.60 bits per heavy atom. The van der Waals surface area contributed by atoms with Crippen molar-refractivity contribution in [3.05, 3.63) is 28.8 Å². The Kier molecular flexibility index (Phi) is 3.19. The van der Waals surface area contributed by atoms with E-state index in [1.54, 1.807) is 6.20 Å². The van der Waals surface area contributed by atoms with Crippen LogP contribution in [0.2, 0.25) is 0 Å². The molecule has 2 aromatic heterocycles. The lowest BCUT2D eigenvalue weighted by Crippen LogP contribution is -2.30. The summed E-state index contributed by atoms with van der Waals surface area (Å²) in [4.78, 5) is 19.5. The molecule has 1 saturated carbocycles. The second-order valence-electron chi connectivity index (χ2n) is 7.05. The van der Waals surface area contributed by atoms with Gasteiger partial charge < -0.3 is 4.98 Å². The zero-order chi connectivity index (χ0) is 14.3. The highest BCUT2D eigenvalue weighted by molar-refractivity contribution is 5.70. The van der Waals surface area contributed by atoms with E-state index in [1.165, 1.54) is 12.8 Å². The Hall–Kier alpha value is -1.58. The zero-order valence-electron chi connectivity index (χ0n) is 12.5. The molecule has 4 nitrogen and oxygen atoms in total. The standard InChI is InChI=1S/C16H23N3O/c1-16(2,3)11-6-8-12(9-7-11)19-14-13(18-15(19)20)5-4-10-17-14/h4-5,10-12H,6-9H2,1-3H3,(H,18,20). The first-order chi connectivity index (χ1) is 9.47. The maximum absolute atomic E-state index is 12.2. The molecular formula is C16H23N3O. The third kappa shape index (κ3) is 2.28. The predicted octanol–water partition coefficient (Wildman–Crippen LogP) is 3.50. The maximum Gasteiger partial charge on any atom is 0.327 e. The van der Waals surface area contributed by atoms with Gasteiger partial charge in [-0.1, -0.05) is 20.8 Å². The van der Waals surface area contributed by atoms with E-state index in [0.29, 0.717) is 11.5 Å². The molecule has 1 aliphatic rings. The third-order valence-electron chi connectivity index (χ3n) is 4.76. The van der Waals surface area contributed by atoms with Crippen molar-refractivity contribution in [3.8, 4) is 0 Å². The van der Waals surface area contributed by atoms with Gasteiger partial charge in [0.05, 0.1) is 5.52 Å². The van der Waals surface area contributed by atoms with Crippen LogP contribution in [0.3, 0.4) is 0 Å².